The number of hydrogen-bond donors (Lipinski definition) is 0. The first kappa shape index (κ1) is 38.1. The van der Waals surface area contributed by atoms with Crippen LogP contribution in [0.4, 0.5) is 51.2 Å². The van der Waals surface area contributed by atoms with Crippen LogP contribution < -0.4 is 14.7 Å². The molecule has 61 heavy (non-hydrogen) atoms. The van der Waals surface area contributed by atoms with Crippen molar-refractivity contribution in [1.82, 2.24) is 0 Å². The Morgan fingerprint density at radius 1 is 0.328 bits per heavy atom. The Morgan fingerprint density at radius 3 is 1.13 bits per heavy atom. The van der Waals surface area contributed by atoms with Crippen molar-refractivity contribution in [2.75, 3.05) is 14.7 Å². The van der Waals surface area contributed by atoms with Gasteiger partial charge in [-0.1, -0.05) is 142 Å². The minimum atomic E-state index is -2.06. The van der Waals surface area contributed by atoms with E-state index in [9.17, 15) is 0 Å². The molecule has 1 atom stereocenters. The van der Waals surface area contributed by atoms with Gasteiger partial charge in [-0.15, -0.1) is 0 Å². The highest BCUT2D eigenvalue weighted by Crippen LogP contribution is 2.60. The molecule has 9 aromatic carbocycles. The molecule has 1 aliphatic rings. The van der Waals surface area contributed by atoms with Crippen LogP contribution in [0.2, 0.25) is 19.6 Å². The zero-order chi connectivity index (χ0) is 41.6. The minimum absolute atomic E-state index is 0.233. The summed E-state index contributed by atoms with van der Waals surface area (Å²) in [6.45, 7) is 10.2. The first-order valence-corrected chi connectivity index (χ1v) is 24.8. The Kier molecular flexibility index (Phi) is 9.66. The van der Waals surface area contributed by atoms with Gasteiger partial charge < -0.3 is 14.7 Å². The molecule has 296 valence electrons. The van der Waals surface area contributed by atoms with Gasteiger partial charge in [-0.25, -0.2) is 0 Å². The second-order valence-electron chi connectivity index (χ2n) is 17.2. The summed E-state index contributed by atoms with van der Waals surface area (Å²) in [4.78, 5) is 7.26. The van der Waals surface area contributed by atoms with Gasteiger partial charge in [-0.3, -0.25) is 0 Å². The van der Waals surface area contributed by atoms with Crippen molar-refractivity contribution in [1.29, 1.82) is 0 Å². The predicted molar refractivity (Wildman–Crippen MR) is 263 cm³/mol. The van der Waals surface area contributed by atoms with E-state index in [1.165, 1.54) is 38.7 Å². The zero-order valence-corrected chi connectivity index (χ0v) is 36.2. The summed E-state index contributed by atoms with van der Waals surface area (Å²) in [5, 5.41) is 2.24. The number of hydrogen-bond acceptors (Lipinski definition) is 3. The molecule has 1 unspecified atom stereocenters. The molecule has 0 saturated carbocycles. The lowest BCUT2D eigenvalue weighted by molar-refractivity contribution is 0.800. The van der Waals surface area contributed by atoms with Gasteiger partial charge in [0.15, 0.2) is 0 Å². The molecule has 4 heteroatoms. The summed E-state index contributed by atoms with van der Waals surface area (Å²) < 4.78 is 0. The second kappa shape index (κ2) is 15.5. The van der Waals surface area contributed by atoms with Crippen LogP contribution in [0.3, 0.4) is 0 Å². The van der Waals surface area contributed by atoms with Gasteiger partial charge in [0.1, 0.15) is 0 Å². The third-order valence-electron chi connectivity index (χ3n) is 12.8. The van der Waals surface area contributed by atoms with Crippen LogP contribution in [0, 0.1) is 0 Å². The number of nitrogens with zero attached hydrogens (tertiary/aromatic N) is 3. The maximum atomic E-state index is 2.55. The molecule has 0 N–H and O–H groups in total. The van der Waals surface area contributed by atoms with Crippen molar-refractivity contribution < 1.29 is 0 Å². The average Bonchev–Trinajstić information content (AvgIpc) is 3.56. The van der Waals surface area contributed by atoms with Crippen molar-refractivity contribution >= 4 is 70.0 Å². The zero-order valence-electron chi connectivity index (χ0n) is 35.2. The molecule has 0 saturated heterocycles. The average molecular weight is 804 g/mol. The lowest BCUT2D eigenvalue weighted by Crippen LogP contribution is -2.46. The largest absolute Gasteiger partial charge is 0.310 e. The standard InChI is InChI=1S/C57H49N3Si/c1-57(61(2,3)4)53-39-43-37-50(58(44-23-11-5-12-24-44)45-25-13-6-14-26-45)36-35-42(43)38-52(53)56-54(57)40-51(59(46-27-15-7-16-28-46)47-29-17-8-18-30-47)41-55(56)60(48-31-19-9-20-32-48)49-33-21-10-22-34-49/h5-41H,1-4H3. The normalized spacial score (nSPS) is 14.3. The van der Waals surface area contributed by atoms with Gasteiger partial charge in [0.25, 0.3) is 0 Å². The van der Waals surface area contributed by atoms with Gasteiger partial charge >= 0.3 is 0 Å². The monoisotopic (exact) mass is 803 g/mol. The Labute approximate surface area is 361 Å². The van der Waals surface area contributed by atoms with Crippen molar-refractivity contribution in [2.24, 2.45) is 0 Å². The highest BCUT2D eigenvalue weighted by atomic mass is 28.3. The molecule has 3 nitrogen and oxygen atoms in total. The van der Waals surface area contributed by atoms with E-state index in [2.05, 4.69) is 266 Å². The Morgan fingerprint density at radius 2 is 0.721 bits per heavy atom. The Balaban J connectivity index is 1.27. The van der Waals surface area contributed by atoms with Gasteiger partial charge in [0.05, 0.1) is 13.8 Å². The van der Waals surface area contributed by atoms with Crippen LogP contribution >= 0.6 is 0 Å². The van der Waals surface area contributed by atoms with E-state index in [1.54, 1.807) is 0 Å². The fraction of sp³-hybridized carbons (Fsp3) is 0.0877. The molecular formula is C57H49N3Si. The maximum absolute atomic E-state index is 2.55. The van der Waals surface area contributed by atoms with E-state index in [1.807, 2.05) is 0 Å². The minimum Gasteiger partial charge on any atom is -0.310 e. The molecule has 0 heterocycles. The topological polar surface area (TPSA) is 9.72 Å². The van der Waals surface area contributed by atoms with Crippen LogP contribution in [0.5, 0.6) is 0 Å². The van der Waals surface area contributed by atoms with Crippen molar-refractivity contribution in [3.63, 3.8) is 0 Å². The van der Waals surface area contributed by atoms with Crippen molar-refractivity contribution in [2.45, 2.75) is 31.6 Å². The molecule has 0 aromatic heterocycles. The van der Waals surface area contributed by atoms with E-state index < -0.39 is 8.07 Å². The third kappa shape index (κ3) is 6.70. The second-order valence-corrected chi connectivity index (χ2v) is 22.7. The predicted octanol–water partition coefficient (Wildman–Crippen LogP) is 16.4. The molecule has 0 aliphatic heterocycles. The van der Waals surface area contributed by atoms with Gasteiger partial charge in [-0.2, -0.15) is 0 Å². The fourth-order valence-electron chi connectivity index (χ4n) is 9.38. The van der Waals surface area contributed by atoms with Crippen LogP contribution in [0.1, 0.15) is 18.1 Å². The molecule has 0 spiro atoms. The highest BCUT2D eigenvalue weighted by molar-refractivity contribution is 6.80. The number of benzene rings is 9. The van der Waals surface area contributed by atoms with Gasteiger partial charge in [0, 0.05) is 56.1 Å². The highest BCUT2D eigenvalue weighted by Gasteiger charge is 2.50. The third-order valence-corrected chi connectivity index (χ3v) is 16.3. The van der Waals surface area contributed by atoms with E-state index in [-0.39, 0.29) is 5.04 Å². The first-order valence-electron chi connectivity index (χ1n) is 21.3. The molecular weight excluding hydrogens is 755 g/mol. The summed E-state index contributed by atoms with van der Waals surface area (Å²) in [7, 11) is -2.06. The Bertz CT molecular complexity index is 2830. The molecule has 9 aromatic rings. The molecule has 0 radical (unpaired) electrons. The summed E-state index contributed by atoms with van der Waals surface area (Å²) in [6, 6.07) is 81.7. The van der Waals surface area contributed by atoms with Gasteiger partial charge in [0.2, 0.25) is 0 Å². The smallest absolute Gasteiger partial charge is 0.0609 e. The molecule has 10 rings (SSSR count). The number of para-hydroxylation sites is 6. The first-order chi connectivity index (χ1) is 29.8. The van der Waals surface area contributed by atoms with Crippen molar-refractivity contribution in [3.8, 4) is 11.1 Å². The van der Waals surface area contributed by atoms with E-state index >= 15 is 0 Å². The summed E-state index contributed by atoms with van der Waals surface area (Å²) in [5.74, 6) is 0. The quantitative estimate of drug-likeness (QED) is 0.128. The summed E-state index contributed by atoms with van der Waals surface area (Å²) in [5.41, 5.74) is 15.6. The van der Waals surface area contributed by atoms with Crippen LogP contribution in [0.25, 0.3) is 21.9 Å². The number of fused-ring (bicyclic) bond motifs is 4. The van der Waals surface area contributed by atoms with E-state index in [0.29, 0.717) is 0 Å². The summed E-state index contributed by atoms with van der Waals surface area (Å²) in [6.07, 6.45) is 0. The molecule has 0 amide bonds. The van der Waals surface area contributed by atoms with Gasteiger partial charge in [-0.05, 0) is 137 Å². The van der Waals surface area contributed by atoms with Crippen LogP contribution in [0.15, 0.2) is 224 Å². The number of anilines is 9. The van der Waals surface area contributed by atoms with E-state index in [4.69, 9.17) is 0 Å². The number of rotatable bonds is 10. The Hall–Kier alpha value is -7.14. The lowest BCUT2D eigenvalue weighted by Gasteiger charge is -2.40. The van der Waals surface area contributed by atoms with Crippen molar-refractivity contribution in [3.05, 3.63) is 236 Å². The summed E-state index contributed by atoms with van der Waals surface area (Å²) >= 11 is 0. The molecule has 0 fully saturated rings. The SMILES string of the molecule is CC1([Si](C)(C)C)c2cc3cc(N(c4ccccc4)c4ccccc4)ccc3cc2-c2c(N(c3ccccc3)c3ccccc3)cc(N(c3ccccc3)c3ccccc3)cc21. The van der Waals surface area contributed by atoms with Crippen LogP contribution in [-0.4, -0.2) is 8.07 Å². The maximum Gasteiger partial charge on any atom is 0.0609 e. The lowest BCUT2D eigenvalue weighted by atomic mass is 9.94. The molecule has 1 aliphatic carbocycles. The van der Waals surface area contributed by atoms with Crippen LogP contribution in [-0.2, 0) is 5.04 Å². The fourth-order valence-corrected chi connectivity index (χ4v) is 11.4. The molecule has 0 bridgehead atoms. The van der Waals surface area contributed by atoms with E-state index in [0.717, 1.165) is 45.5 Å².